The number of aromatic nitrogens is 2. The highest BCUT2D eigenvalue weighted by atomic mass is 16.2. The molecule has 0 fully saturated rings. The van der Waals surface area contributed by atoms with Gasteiger partial charge in [0.1, 0.15) is 5.69 Å². The number of aryl methyl sites for hydroxylation is 1. The predicted octanol–water partition coefficient (Wildman–Crippen LogP) is 0.309. The Balaban J connectivity index is 2.93. The van der Waals surface area contributed by atoms with Crippen LogP contribution in [0.4, 0.5) is 0 Å². The number of nitrogens with zero attached hydrogens (tertiary/aromatic N) is 2. The van der Waals surface area contributed by atoms with Crippen molar-refractivity contribution < 1.29 is 4.79 Å². The molecule has 1 heterocycles. The molecule has 0 radical (unpaired) electrons. The van der Waals surface area contributed by atoms with Crippen molar-refractivity contribution in [3.05, 3.63) is 28.2 Å². The first-order chi connectivity index (χ1) is 6.79. The van der Waals surface area contributed by atoms with Gasteiger partial charge in [-0.05, 0) is 26.8 Å². The highest BCUT2D eigenvalue weighted by molar-refractivity contribution is 5.92. The van der Waals surface area contributed by atoms with Gasteiger partial charge < -0.3 is 5.32 Å². The molecule has 15 heavy (non-hydrogen) atoms. The third kappa shape index (κ3) is 3.19. The van der Waals surface area contributed by atoms with Gasteiger partial charge in [0.2, 0.25) is 0 Å². The fourth-order valence-electron chi connectivity index (χ4n) is 1.03. The Labute approximate surface area is 88.1 Å². The molecule has 1 rings (SSSR count). The maximum absolute atomic E-state index is 11.6. The quantitative estimate of drug-likeness (QED) is 0.724. The normalized spacial score (nSPS) is 11.2. The monoisotopic (exact) mass is 209 g/mol. The van der Waals surface area contributed by atoms with E-state index in [1.165, 1.54) is 19.2 Å². The molecular weight excluding hydrogens is 194 g/mol. The lowest BCUT2D eigenvalue weighted by molar-refractivity contribution is 0.0912. The average molecular weight is 209 g/mol. The van der Waals surface area contributed by atoms with Gasteiger partial charge in [0.05, 0.1) is 0 Å². The Bertz CT molecular complexity index is 429. The predicted molar refractivity (Wildman–Crippen MR) is 56.7 cm³/mol. The van der Waals surface area contributed by atoms with E-state index < -0.39 is 0 Å². The Morgan fingerprint density at radius 1 is 1.40 bits per heavy atom. The lowest BCUT2D eigenvalue weighted by atomic mass is 10.1. The van der Waals surface area contributed by atoms with Gasteiger partial charge in [-0.15, -0.1) is 0 Å². The van der Waals surface area contributed by atoms with Crippen molar-refractivity contribution in [1.82, 2.24) is 15.1 Å². The van der Waals surface area contributed by atoms with E-state index in [1.54, 1.807) is 0 Å². The van der Waals surface area contributed by atoms with Crippen LogP contribution in [0.1, 0.15) is 31.3 Å². The van der Waals surface area contributed by atoms with Crippen LogP contribution < -0.4 is 10.9 Å². The maximum Gasteiger partial charge on any atom is 0.272 e. The van der Waals surface area contributed by atoms with Crippen LogP contribution in [0, 0.1) is 0 Å². The summed E-state index contributed by atoms with van der Waals surface area (Å²) in [6, 6.07) is 2.74. The first kappa shape index (κ1) is 11.4. The Hall–Kier alpha value is -1.65. The Kier molecular flexibility index (Phi) is 2.93. The van der Waals surface area contributed by atoms with Crippen molar-refractivity contribution in [2.75, 3.05) is 0 Å². The molecule has 1 amide bonds. The molecule has 0 aliphatic rings. The third-order valence-electron chi connectivity index (χ3n) is 1.68. The minimum atomic E-state index is -0.312. The number of hydrogen-bond acceptors (Lipinski definition) is 3. The van der Waals surface area contributed by atoms with E-state index in [9.17, 15) is 9.59 Å². The SMILES string of the molecule is Cn1nc(C(=O)NC(C)(C)C)ccc1=O. The molecule has 0 saturated heterocycles. The van der Waals surface area contributed by atoms with Gasteiger partial charge in [0, 0.05) is 18.7 Å². The second kappa shape index (κ2) is 3.84. The summed E-state index contributed by atoms with van der Waals surface area (Å²) in [5.74, 6) is -0.280. The van der Waals surface area contributed by atoms with Crippen molar-refractivity contribution in [1.29, 1.82) is 0 Å². The fourth-order valence-corrected chi connectivity index (χ4v) is 1.03. The van der Waals surface area contributed by atoms with Crippen LogP contribution in [-0.2, 0) is 7.05 Å². The summed E-state index contributed by atoms with van der Waals surface area (Å²) in [6.45, 7) is 5.65. The smallest absolute Gasteiger partial charge is 0.272 e. The lowest BCUT2D eigenvalue weighted by Gasteiger charge is -2.19. The van der Waals surface area contributed by atoms with Gasteiger partial charge in [-0.3, -0.25) is 9.59 Å². The zero-order chi connectivity index (χ0) is 11.6. The minimum absolute atomic E-state index is 0.234. The molecule has 0 aromatic carbocycles. The molecule has 1 N–H and O–H groups in total. The standard InChI is InChI=1S/C10H15N3O2/c1-10(2,3)11-9(15)7-5-6-8(14)13(4)12-7/h5-6H,1-4H3,(H,11,15). The Morgan fingerprint density at radius 2 is 2.00 bits per heavy atom. The molecule has 0 saturated carbocycles. The van der Waals surface area contributed by atoms with Gasteiger partial charge in [-0.2, -0.15) is 5.10 Å². The van der Waals surface area contributed by atoms with Gasteiger partial charge in [0.15, 0.2) is 0 Å². The van der Waals surface area contributed by atoms with Crippen molar-refractivity contribution in [2.45, 2.75) is 26.3 Å². The van der Waals surface area contributed by atoms with Crippen LogP contribution in [-0.4, -0.2) is 21.2 Å². The molecule has 0 atom stereocenters. The van der Waals surface area contributed by atoms with Gasteiger partial charge in [-0.1, -0.05) is 0 Å². The van der Waals surface area contributed by atoms with E-state index in [1.807, 2.05) is 20.8 Å². The first-order valence-corrected chi connectivity index (χ1v) is 4.66. The van der Waals surface area contributed by atoms with Crippen LogP contribution in [0.5, 0.6) is 0 Å². The van der Waals surface area contributed by atoms with E-state index in [4.69, 9.17) is 0 Å². The average Bonchev–Trinajstić information content (AvgIpc) is 2.06. The summed E-state index contributed by atoms with van der Waals surface area (Å²) >= 11 is 0. The van der Waals surface area contributed by atoms with Gasteiger partial charge in [-0.25, -0.2) is 4.68 Å². The number of carbonyl (C=O) groups excluding carboxylic acids is 1. The van der Waals surface area contributed by atoms with Crippen molar-refractivity contribution >= 4 is 5.91 Å². The number of amides is 1. The highest BCUT2D eigenvalue weighted by Crippen LogP contribution is 2.00. The van der Waals surface area contributed by atoms with E-state index in [2.05, 4.69) is 10.4 Å². The molecule has 0 aliphatic heterocycles. The fraction of sp³-hybridized carbons (Fsp3) is 0.500. The molecule has 0 aliphatic carbocycles. The van der Waals surface area contributed by atoms with Crippen LogP contribution >= 0.6 is 0 Å². The number of carbonyl (C=O) groups is 1. The molecule has 0 bridgehead atoms. The molecule has 5 heteroatoms. The van der Waals surface area contributed by atoms with Crippen LogP contribution in [0.2, 0.25) is 0 Å². The molecule has 0 spiro atoms. The molecule has 1 aromatic heterocycles. The molecular formula is C10H15N3O2. The largest absolute Gasteiger partial charge is 0.346 e. The number of hydrogen-bond donors (Lipinski definition) is 1. The van der Waals surface area contributed by atoms with E-state index in [0.717, 1.165) is 4.68 Å². The second-order valence-electron chi connectivity index (χ2n) is 4.38. The summed E-state index contributed by atoms with van der Waals surface area (Å²) in [7, 11) is 1.51. The zero-order valence-electron chi connectivity index (χ0n) is 9.37. The summed E-state index contributed by atoms with van der Waals surface area (Å²) in [6.07, 6.45) is 0. The summed E-state index contributed by atoms with van der Waals surface area (Å²) in [5.41, 5.74) is -0.303. The molecule has 82 valence electrons. The second-order valence-corrected chi connectivity index (χ2v) is 4.38. The lowest BCUT2D eigenvalue weighted by Crippen LogP contribution is -2.41. The third-order valence-corrected chi connectivity index (χ3v) is 1.68. The number of nitrogens with one attached hydrogen (secondary N) is 1. The van der Waals surface area contributed by atoms with Crippen LogP contribution in [0.25, 0.3) is 0 Å². The maximum atomic E-state index is 11.6. The number of rotatable bonds is 1. The van der Waals surface area contributed by atoms with Crippen LogP contribution in [0.3, 0.4) is 0 Å². The zero-order valence-corrected chi connectivity index (χ0v) is 9.37. The summed E-state index contributed by atoms with van der Waals surface area (Å²) in [4.78, 5) is 22.7. The Morgan fingerprint density at radius 3 is 2.47 bits per heavy atom. The molecule has 0 unspecified atom stereocenters. The van der Waals surface area contributed by atoms with Crippen molar-refractivity contribution in [3.8, 4) is 0 Å². The molecule has 5 nitrogen and oxygen atoms in total. The van der Waals surface area contributed by atoms with Gasteiger partial charge >= 0.3 is 0 Å². The summed E-state index contributed by atoms with van der Waals surface area (Å²) < 4.78 is 1.14. The van der Waals surface area contributed by atoms with Crippen molar-refractivity contribution in [2.24, 2.45) is 7.05 Å². The topological polar surface area (TPSA) is 64.0 Å². The van der Waals surface area contributed by atoms with E-state index in [-0.39, 0.29) is 22.7 Å². The first-order valence-electron chi connectivity index (χ1n) is 4.66. The van der Waals surface area contributed by atoms with Crippen LogP contribution in [0.15, 0.2) is 16.9 Å². The van der Waals surface area contributed by atoms with E-state index >= 15 is 0 Å². The molecule has 1 aromatic rings. The van der Waals surface area contributed by atoms with E-state index in [0.29, 0.717) is 0 Å². The summed E-state index contributed by atoms with van der Waals surface area (Å²) in [5, 5.41) is 6.61. The highest BCUT2D eigenvalue weighted by Gasteiger charge is 2.16. The van der Waals surface area contributed by atoms with Crippen molar-refractivity contribution in [3.63, 3.8) is 0 Å². The minimum Gasteiger partial charge on any atom is -0.346 e. The van der Waals surface area contributed by atoms with Gasteiger partial charge in [0.25, 0.3) is 11.5 Å².